The van der Waals surface area contributed by atoms with Crippen molar-refractivity contribution in [3.8, 4) is 0 Å². The molecule has 0 unspecified atom stereocenters. The molecule has 0 heterocycles. The van der Waals surface area contributed by atoms with E-state index in [0.717, 1.165) is 12.8 Å². The number of carbonyl (C=O) groups excluding carboxylic acids is 1. The van der Waals surface area contributed by atoms with Crippen molar-refractivity contribution in [3.63, 3.8) is 0 Å². The molecule has 1 aliphatic carbocycles. The topological polar surface area (TPSA) is 139 Å². The normalized spacial score (nSPS) is 15.6. The first-order valence-corrected chi connectivity index (χ1v) is 5.67. The second-order valence-corrected chi connectivity index (χ2v) is 5.33. The third kappa shape index (κ3) is 9.83. The van der Waals surface area contributed by atoms with Crippen LogP contribution in [0.15, 0.2) is 0 Å². The van der Waals surface area contributed by atoms with Gasteiger partial charge < -0.3 is 26.0 Å². The van der Waals surface area contributed by atoms with Gasteiger partial charge >= 0.3 is 18.0 Å². The smallest absolute Gasteiger partial charge is 0.414 e. The van der Waals surface area contributed by atoms with E-state index in [9.17, 15) is 4.79 Å². The number of carboxylic acid groups (broad SMARTS) is 2. The van der Waals surface area contributed by atoms with Crippen molar-refractivity contribution < 1.29 is 29.3 Å². The summed E-state index contributed by atoms with van der Waals surface area (Å²) in [6.07, 6.45) is 1.59. The van der Waals surface area contributed by atoms with Gasteiger partial charge in [0, 0.05) is 12.1 Å². The van der Waals surface area contributed by atoms with Gasteiger partial charge in [0.05, 0.1) is 0 Å². The predicted octanol–water partition coefficient (Wildman–Crippen LogP) is 0.158. The van der Waals surface area contributed by atoms with Crippen molar-refractivity contribution in [2.24, 2.45) is 5.73 Å². The molecule has 0 aliphatic heterocycles. The van der Waals surface area contributed by atoms with E-state index in [-0.39, 0.29) is 11.6 Å². The van der Waals surface area contributed by atoms with Crippen molar-refractivity contribution in [1.82, 2.24) is 5.32 Å². The van der Waals surface area contributed by atoms with Gasteiger partial charge in [-0.05, 0) is 33.6 Å². The number of hydrogen-bond donors (Lipinski definition) is 4. The molecule has 0 saturated heterocycles. The summed E-state index contributed by atoms with van der Waals surface area (Å²) in [4.78, 5) is 29.3. The molecule has 5 N–H and O–H groups in total. The quantitative estimate of drug-likeness (QED) is 0.527. The number of aliphatic carboxylic acids is 2. The average Bonchev–Trinajstić information content (AvgIpc) is 2.93. The van der Waals surface area contributed by atoms with Crippen LogP contribution in [-0.2, 0) is 14.3 Å². The van der Waals surface area contributed by atoms with E-state index in [1.165, 1.54) is 0 Å². The van der Waals surface area contributed by atoms with E-state index in [2.05, 4.69) is 5.32 Å². The van der Waals surface area contributed by atoms with Gasteiger partial charge in [0.25, 0.3) is 0 Å². The summed E-state index contributed by atoms with van der Waals surface area (Å²) in [6.45, 7) is 6.02. The van der Waals surface area contributed by atoms with Crippen molar-refractivity contribution in [1.29, 1.82) is 0 Å². The Morgan fingerprint density at radius 2 is 1.63 bits per heavy atom. The van der Waals surface area contributed by atoms with E-state index in [0.29, 0.717) is 6.54 Å². The molecule has 8 heteroatoms. The fraction of sp³-hybridized carbons (Fsp3) is 0.727. The van der Waals surface area contributed by atoms with Crippen LogP contribution in [0.5, 0.6) is 0 Å². The fourth-order valence-electron chi connectivity index (χ4n) is 0.900. The zero-order chi connectivity index (χ0) is 15.3. The summed E-state index contributed by atoms with van der Waals surface area (Å²) >= 11 is 0. The van der Waals surface area contributed by atoms with Crippen LogP contribution in [0.1, 0.15) is 33.6 Å². The Morgan fingerprint density at radius 1 is 1.21 bits per heavy atom. The molecule has 110 valence electrons. The molecule has 1 fully saturated rings. The molecule has 0 radical (unpaired) electrons. The molecular weight excluding hydrogens is 256 g/mol. The third-order valence-corrected chi connectivity index (χ3v) is 2.06. The number of nitrogens with two attached hydrogens (primary N) is 1. The van der Waals surface area contributed by atoms with Gasteiger partial charge in [0.15, 0.2) is 0 Å². The van der Waals surface area contributed by atoms with Crippen molar-refractivity contribution in [2.45, 2.75) is 44.8 Å². The Morgan fingerprint density at radius 3 is 1.89 bits per heavy atom. The molecule has 1 aliphatic rings. The van der Waals surface area contributed by atoms with Gasteiger partial charge in [-0.3, -0.25) is 0 Å². The molecule has 0 atom stereocenters. The summed E-state index contributed by atoms with van der Waals surface area (Å²) in [6, 6.07) is 0. The largest absolute Gasteiger partial charge is 0.473 e. The number of alkyl carbamates (subject to hydrolysis) is 1. The van der Waals surface area contributed by atoms with Gasteiger partial charge in [-0.1, -0.05) is 0 Å². The highest BCUT2D eigenvalue weighted by molar-refractivity contribution is 6.27. The first-order chi connectivity index (χ1) is 8.45. The number of rotatable bonds is 2. The van der Waals surface area contributed by atoms with Crippen LogP contribution in [-0.4, -0.2) is 45.9 Å². The van der Waals surface area contributed by atoms with E-state index in [4.69, 9.17) is 30.3 Å². The Kier molecular flexibility index (Phi) is 5.76. The van der Waals surface area contributed by atoms with Crippen molar-refractivity contribution >= 4 is 18.0 Å². The molecular formula is C11H20N2O6. The highest BCUT2D eigenvalue weighted by atomic mass is 16.6. The van der Waals surface area contributed by atoms with Gasteiger partial charge in [-0.15, -0.1) is 0 Å². The van der Waals surface area contributed by atoms with Crippen LogP contribution in [0.2, 0.25) is 0 Å². The highest BCUT2D eigenvalue weighted by Gasteiger charge is 2.38. The maximum Gasteiger partial charge on any atom is 0.414 e. The maximum atomic E-state index is 11.1. The first kappa shape index (κ1) is 17.2. The number of amides is 1. The lowest BCUT2D eigenvalue weighted by molar-refractivity contribution is -0.159. The van der Waals surface area contributed by atoms with Crippen molar-refractivity contribution in [3.05, 3.63) is 0 Å². The Labute approximate surface area is 110 Å². The Hall–Kier alpha value is -1.83. The Balaban J connectivity index is 0.000000459. The fourth-order valence-corrected chi connectivity index (χ4v) is 0.900. The molecule has 0 aromatic heterocycles. The number of carbonyl (C=O) groups is 3. The van der Waals surface area contributed by atoms with Gasteiger partial charge in [0.2, 0.25) is 0 Å². The standard InChI is InChI=1S/C9H18N2O2.C2H2O4/c1-8(2,3)13-7(12)11-6-9(10)4-5-9;3-1(4)2(5)6/h4-6,10H2,1-3H3,(H,11,12);(H,3,4)(H,5,6). The molecule has 0 aromatic carbocycles. The van der Waals surface area contributed by atoms with Gasteiger partial charge in [-0.2, -0.15) is 0 Å². The molecule has 8 nitrogen and oxygen atoms in total. The average molecular weight is 276 g/mol. The second-order valence-electron chi connectivity index (χ2n) is 5.33. The monoisotopic (exact) mass is 276 g/mol. The third-order valence-electron chi connectivity index (χ3n) is 2.06. The van der Waals surface area contributed by atoms with E-state index < -0.39 is 17.5 Å². The van der Waals surface area contributed by atoms with E-state index in [1.807, 2.05) is 20.8 Å². The lowest BCUT2D eigenvalue weighted by Crippen LogP contribution is -2.41. The van der Waals surface area contributed by atoms with Crippen molar-refractivity contribution in [2.75, 3.05) is 6.54 Å². The molecule has 1 saturated carbocycles. The van der Waals surface area contributed by atoms with Gasteiger partial charge in [-0.25, -0.2) is 14.4 Å². The van der Waals surface area contributed by atoms with Crippen LogP contribution in [0, 0.1) is 0 Å². The maximum absolute atomic E-state index is 11.1. The molecule has 0 bridgehead atoms. The van der Waals surface area contributed by atoms with E-state index >= 15 is 0 Å². The molecule has 19 heavy (non-hydrogen) atoms. The minimum Gasteiger partial charge on any atom is -0.473 e. The summed E-state index contributed by atoms with van der Waals surface area (Å²) in [5.41, 5.74) is 5.20. The first-order valence-electron chi connectivity index (χ1n) is 5.67. The van der Waals surface area contributed by atoms with Crippen LogP contribution >= 0.6 is 0 Å². The number of ether oxygens (including phenoxy) is 1. The van der Waals surface area contributed by atoms with E-state index in [1.54, 1.807) is 0 Å². The second kappa shape index (κ2) is 6.37. The minimum absolute atomic E-state index is 0.156. The zero-order valence-corrected chi connectivity index (χ0v) is 11.2. The summed E-state index contributed by atoms with van der Waals surface area (Å²) in [5.74, 6) is -3.65. The number of nitrogens with one attached hydrogen (secondary N) is 1. The van der Waals surface area contributed by atoms with Crippen LogP contribution in [0.25, 0.3) is 0 Å². The number of carboxylic acids is 2. The predicted molar refractivity (Wildman–Crippen MR) is 65.7 cm³/mol. The number of hydrogen-bond acceptors (Lipinski definition) is 5. The van der Waals surface area contributed by atoms with Crippen LogP contribution < -0.4 is 11.1 Å². The minimum atomic E-state index is -1.82. The molecule has 0 spiro atoms. The Bertz CT molecular complexity index is 345. The molecule has 1 rings (SSSR count). The lowest BCUT2D eigenvalue weighted by Gasteiger charge is -2.20. The molecule has 0 aromatic rings. The van der Waals surface area contributed by atoms with Crippen LogP contribution in [0.3, 0.4) is 0 Å². The summed E-state index contributed by atoms with van der Waals surface area (Å²) < 4.78 is 5.06. The summed E-state index contributed by atoms with van der Waals surface area (Å²) in [5, 5.41) is 17.4. The van der Waals surface area contributed by atoms with Crippen LogP contribution in [0.4, 0.5) is 4.79 Å². The lowest BCUT2D eigenvalue weighted by atomic mass is 10.2. The highest BCUT2D eigenvalue weighted by Crippen LogP contribution is 2.30. The summed E-state index contributed by atoms with van der Waals surface area (Å²) in [7, 11) is 0. The molecule has 1 amide bonds. The van der Waals surface area contributed by atoms with Gasteiger partial charge in [0.1, 0.15) is 5.60 Å². The SMILES string of the molecule is CC(C)(C)OC(=O)NCC1(N)CC1.O=C(O)C(=O)O. The zero-order valence-electron chi connectivity index (χ0n) is 11.2.